The highest BCUT2D eigenvalue weighted by Crippen LogP contribution is 2.52. The average molecular weight is 446 g/mol. The van der Waals surface area contributed by atoms with Crippen molar-refractivity contribution in [1.82, 2.24) is 4.98 Å². The van der Waals surface area contributed by atoms with E-state index in [-0.39, 0.29) is 30.2 Å². The molecule has 2 heterocycles. The van der Waals surface area contributed by atoms with E-state index < -0.39 is 52.0 Å². The summed E-state index contributed by atoms with van der Waals surface area (Å²) in [5.41, 5.74) is -4.11. The molecule has 0 atom stereocenters. The largest absolute Gasteiger partial charge is 0.433 e. The zero-order valence-corrected chi connectivity index (χ0v) is 16.4. The average Bonchev–Trinajstić information content (AvgIpc) is 3.02. The van der Waals surface area contributed by atoms with E-state index >= 15 is 0 Å². The number of carbonyl (C=O) groups is 1. The highest BCUT2D eigenvalue weighted by atomic mass is 19.4. The first-order valence-corrected chi connectivity index (χ1v) is 9.38. The zero-order chi connectivity index (χ0) is 22.9. The second-order valence-corrected chi connectivity index (χ2v) is 8.60. The summed E-state index contributed by atoms with van der Waals surface area (Å²) in [7, 11) is 0. The standard InChI is InChI=1S/C21H17F7N2O/c1-19(2)7-10-5-11-9-29-18(21(26,27)28)17(11)30(16(10)15(31)8-19)14-4-3-12(22)6-13(14)20(23,24)25/h3-4,6,9,29H,5,7-8H2,1-2H3. The number of halogens is 7. The SMILES string of the molecule is CC1(C)CC(=O)C2=C(Cc3c[nH]c(C(F)(F)F)c3N2c2ccc(F)cc2C(F)(F)F)C1. The maximum absolute atomic E-state index is 13.7. The Bertz CT molecular complexity index is 1110. The molecule has 3 nitrogen and oxygen atoms in total. The van der Waals surface area contributed by atoms with Crippen LogP contribution in [-0.4, -0.2) is 10.8 Å². The number of ketones is 1. The number of carbonyl (C=O) groups excluding carboxylic acids is 1. The third-order valence-corrected chi connectivity index (χ3v) is 5.50. The van der Waals surface area contributed by atoms with Gasteiger partial charge < -0.3 is 9.88 Å². The van der Waals surface area contributed by atoms with Crippen LogP contribution in [0.25, 0.3) is 0 Å². The summed E-state index contributed by atoms with van der Waals surface area (Å²) < 4.78 is 96.0. The molecule has 31 heavy (non-hydrogen) atoms. The lowest BCUT2D eigenvalue weighted by Crippen LogP contribution is -2.37. The second kappa shape index (κ2) is 6.61. The van der Waals surface area contributed by atoms with E-state index in [1.165, 1.54) is 0 Å². The number of nitrogens with zero attached hydrogens (tertiary/aromatic N) is 1. The summed E-state index contributed by atoms with van der Waals surface area (Å²) in [5.74, 6) is -1.74. The van der Waals surface area contributed by atoms with Crippen molar-refractivity contribution < 1.29 is 35.5 Å². The van der Waals surface area contributed by atoms with Crippen LogP contribution in [-0.2, 0) is 23.6 Å². The van der Waals surface area contributed by atoms with Gasteiger partial charge in [-0.2, -0.15) is 26.3 Å². The first-order valence-electron chi connectivity index (χ1n) is 9.38. The second-order valence-electron chi connectivity index (χ2n) is 8.60. The highest BCUT2D eigenvalue weighted by molar-refractivity contribution is 6.05. The molecule has 1 aromatic heterocycles. The monoisotopic (exact) mass is 446 g/mol. The molecule has 0 bridgehead atoms. The molecule has 1 N–H and O–H groups in total. The lowest BCUT2D eigenvalue weighted by atomic mass is 9.72. The van der Waals surface area contributed by atoms with Crippen LogP contribution in [0.4, 0.5) is 42.1 Å². The van der Waals surface area contributed by atoms with Crippen molar-refractivity contribution in [3.05, 3.63) is 58.3 Å². The molecule has 166 valence electrons. The zero-order valence-electron chi connectivity index (χ0n) is 16.4. The van der Waals surface area contributed by atoms with Crippen LogP contribution >= 0.6 is 0 Å². The fourth-order valence-corrected chi connectivity index (χ4v) is 4.44. The first kappa shape index (κ1) is 21.5. The Labute approximate surface area is 172 Å². The maximum Gasteiger partial charge on any atom is 0.433 e. The van der Waals surface area contributed by atoms with Gasteiger partial charge >= 0.3 is 12.4 Å². The number of aromatic nitrogens is 1. The molecule has 1 aliphatic carbocycles. The number of fused-ring (bicyclic) bond motifs is 1. The molecule has 4 rings (SSSR count). The Morgan fingerprint density at radius 2 is 1.71 bits per heavy atom. The Kier molecular flexibility index (Phi) is 4.57. The Morgan fingerprint density at radius 1 is 1.03 bits per heavy atom. The molecule has 1 aromatic carbocycles. The predicted octanol–water partition coefficient (Wildman–Crippen LogP) is 6.53. The first-order chi connectivity index (χ1) is 14.2. The van der Waals surface area contributed by atoms with Gasteiger partial charge in [0.15, 0.2) is 5.78 Å². The fourth-order valence-electron chi connectivity index (χ4n) is 4.44. The highest BCUT2D eigenvalue weighted by Gasteiger charge is 2.47. The molecule has 0 spiro atoms. The van der Waals surface area contributed by atoms with Crippen LogP contribution in [0.2, 0.25) is 0 Å². The number of allylic oxidation sites excluding steroid dienone is 2. The van der Waals surface area contributed by atoms with Crippen molar-refractivity contribution in [2.45, 2.75) is 45.5 Å². The summed E-state index contributed by atoms with van der Waals surface area (Å²) in [6.07, 6.45) is -8.56. The third kappa shape index (κ3) is 3.61. The van der Waals surface area contributed by atoms with Crippen LogP contribution in [0, 0.1) is 11.2 Å². The van der Waals surface area contributed by atoms with E-state index in [2.05, 4.69) is 4.98 Å². The molecule has 0 radical (unpaired) electrons. The minimum Gasteiger partial charge on any atom is -0.356 e. The van der Waals surface area contributed by atoms with Crippen LogP contribution in [0.1, 0.15) is 43.5 Å². The van der Waals surface area contributed by atoms with E-state index in [1.54, 1.807) is 0 Å². The number of alkyl halides is 6. The van der Waals surface area contributed by atoms with Gasteiger partial charge in [-0.15, -0.1) is 0 Å². The van der Waals surface area contributed by atoms with E-state index in [9.17, 15) is 35.5 Å². The number of benzene rings is 1. The number of Topliss-reactive ketones (excluding diaryl/α,β-unsaturated/α-hetero) is 1. The molecule has 0 amide bonds. The summed E-state index contributed by atoms with van der Waals surface area (Å²) in [6.45, 7) is 3.62. The maximum atomic E-state index is 13.7. The molecule has 1 aliphatic heterocycles. The van der Waals surface area contributed by atoms with Crippen molar-refractivity contribution in [3.8, 4) is 0 Å². The van der Waals surface area contributed by atoms with Crippen molar-refractivity contribution in [2.24, 2.45) is 5.41 Å². The topological polar surface area (TPSA) is 36.1 Å². The molecular formula is C21H17F7N2O. The van der Waals surface area contributed by atoms with Crippen LogP contribution < -0.4 is 4.90 Å². The molecule has 10 heteroatoms. The number of hydrogen-bond acceptors (Lipinski definition) is 2. The Morgan fingerprint density at radius 3 is 2.32 bits per heavy atom. The predicted molar refractivity (Wildman–Crippen MR) is 98.1 cm³/mol. The Balaban J connectivity index is 2.05. The third-order valence-electron chi connectivity index (χ3n) is 5.50. The number of H-pyrrole nitrogens is 1. The number of rotatable bonds is 1. The smallest absolute Gasteiger partial charge is 0.356 e. The normalized spacial score (nSPS) is 18.9. The number of hydrogen-bond donors (Lipinski definition) is 1. The minimum atomic E-state index is -5.05. The van der Waals surface area contributed by atoms with E-state index in [0.717, 1.165) is 18.3 Å². The number of anilines is 2. The fraction of sp³-hybridized carbons (Fsp3) is 0.381. The molecular weight excluding hydrogens is 429 g/mol. The van der Waals surface area contributed by atoms with Crippen molar-refractivity contribution in [1.29, 1.82) is 0 Å². The lowest BCUT2D eigenvalue weighted by Gasteiger charge is -2.41. The Hall–Kier alpha value is -2.78. The number of aromatic amines is 1. The van der Waals surface area contributed by atoms with Gasteiger partial charge in [0.25, 0.3) is 0 Å². The lowest BCUT2D eigenvalue weighted by molar-refractivity contribution is -0.140. The van der Waals surface area contributed by atoms with E-state index in [4.69, 9.17) is 0 Å². The molecule has 2 aromatic rings. The summed E-state index contributed by atoms with van der Waals surface area (Å²) in [5, 5.41) is 0. The van der Waals surface area contributed by atoms with E-state index in [0.29, 0.717) is 16.9 Å². The van der Waals surface area contributed by atoms with Crippen LogP contribution in [0.3, 0.4) is 0 Å². The van der Waals surface area contributed by atoms with Crippen molar-refractivity contribution in [3.63, 3.8) is 0 Å². The molecule has 0 saturated carbocycles. The quantitative estimate of drug-likeness (QED) is 0.506. The van der Waals surface area contributed by atoms with E-state index in [1.807, 2.05) is 13.8 Å². The van der Waals surface area contributed by atoms with Gasteiger partial charge in [0.05, 0.1) is 22.6 Å². The summed E-state index contributed by atoms with van der Waals surface area (Å²) >= 11 is 0. The molecule has 2 aliphatic rings. The van der Waals surface area contributed by atoms with Gasteiger partial charge in [-0.25, -0.2) is 4.39 Å². The molecule has 0 saturated heterocycles. The summed E-state index contributed by atoms with van der Waals surface area (Å²) in [6, 6.07) is 1.72. The van der Waals surface area contributed by atoms with Gasteiger partial charge in [-0.05, 0) is 47.6 Å². The van der Waals surface area contributed by atoms with Gasteiger partial charge in [0, 0.05) is 12.6 Å². The molecule has 0 fully saturated rings. The van der Waals surface area contributed by atoms with Gasteiger partial charge in [0.1, 0.15) is 11.5 Å². The van der Waals surface area contributed by atoms with Crippen molar-refractivity contribution >= 4 is 17.2 Å². The summed E-state index contributed by atoms with van der Waals surface area (Å²) in [4.78, 5) is 15.8. The van der Waals surface area contributed by atoms with Crippen LogP contribution in [0.15, 0.2) is 35.7 Å². The van der Waals surface area contributed by atoms with Crippen LogP contribution in [0.5, 0.6) is 0 Å². The van der Waals surface area contributed by atoms with Gasteiger partial charge in [0.2, 0.25) is 0 Å². The number of nitrogens with one attached hydrogen (secondary N) is 1. The van der Waals surface area contributed by atoms with Gasteiger partial charge in [-0.1, -0.05) is 13.8 Å². The van der Waals surface area contributed by atoms with Crippen molar-refractivity contribution in [2.75, 3.05) is 4.90 Å². The molecule has 0 unspecified atom stereocenters. The minimum absolute atomic E-state index is 0.00542. The van der Waals surface area contributed by atoms with Gasteiger partial charge in [-0.3, -0.25) is 4.79 Å².